The van der Waals surface area contributed by atoms with Crippen molar-refractivity contribution in [2.24, 2.45) is 0 Å². The minimum atomic E-state index is 1.14. The average molecular weight is 273 g/mol. The molecule has 0 atom stereocenters. The molecule has 1 saturated heterocycles. The molecule has 100 valence electrons. The molecule has 1 aliphatic heterocycles. The summed E-state index contributed by atoms with van der Waals surface area (Å²) in [6.45, 7) is 4.57. The number of fused-ring (bicyclic) bond motifs is 1. The SMILES string of the molecule is c1cc(SN2CCCNCCC2)c2ccncc2c1. The molecule has 3 nitrogen and oxygen atoms in total. The van der Waals surface area contributed by atoms with Gasteiger partial charge in [0, 0.05) is 35.8 Å². The second-order valence-corrected chi connectivity index (χ2v) is 5.97. The van der Waals surface area contributed by atoms with Gasteiger partial charge in [-0.05, 0) is 55.4 Å². The molecule has 0 unspecified atom stereocenters. The Morgan fingerprint density at radius 3 is 2.79 bits per heavy atom. The highest BCUT2D eigenvalue weighted by Gasteiger charge is 2.11. The van der Waals surface area contributed by atoms with Gasteiger partial charge in [0.25, 0.3) is 0 Å². The van der Waals surface area contributed by atoms with E-state index in [2.05, 4.69) is 38.9 Å². The van der Waals surface area contributed by atoms with Gasteiger partial charge < -0.3 is 5.32 Å². The first-order chi connectivity index (χ1) is 9.43. The lowest BCUT2D eigenvalue weighted by molar-refractivity contribution is 0.408. The zero-order valence-electron chi connectivity index (χ0n) is 11.0. The van der Waals surface area contributed by atoms with Gasteiger partial charge in [-0.3, -0.25) is 4.98 Å². The van der Waals surface area contributed by atoms with Crippen molar-refractivity contribution < 1.29 is 0 Å². The van der Waals surface area contributed by atoms with Crippen LogP contribution in [-0.2, 0) is 0 Å². The van der Waals surface area contributed by atoms with E-state index < -0.39 is 0 Å². The Morgan fingerprint density at radius 1 is 1.11 bits per heavy atom. The Morgan fingerprint density at radius 2 is 1.95 bits per heavy atom. The lowest BCUT2D eigenvalue weighted by Crippen LogP contribution is -2.29. The molecule has 4 heteroatoms. The van der Waals surface area contributed by atoms with E-state index >= 15 is 0 Å². The highest BCUT2D eigenvalue weighted by Crippen LogP contribution is 2.30. The number of aromatic nitrogens is 1. The molecular formula is C15H19N3S. The number of benzene rings is 1. The minimum absolute atomic E-state index is 1.14. The lowest BCUT2D eigenvalue weighted by atomic mass is 10.2. The Labute approximate surface area is 118 Å². The fourth-order valence-corrected chi connectivity index (χ4v) is 3.54. The summed E-state index contributed by atoms with van der Waals surface area (Å²) in [6, 6.07) is 8.58. The van der Waals surface area contributed by atoms with E-state index in [-0.39, 0.29) is 0 Å². The summed E-state index contributed by atoms with van der Waals surface area (Å²) in [7, 11) is 0. The van der Waals surface area contributed by atoms with Crippen molar-refractivity contribution in [3.05, 3.63) is 36.7 Å². The maximum Gasteiger partial charge on any atom is 0.0346 e. The molecule has 1 aromatic carbocycles. The number of nitrogens with zero attached hydrogens (tertiary/aromatic N) is 2. The number of hydrogen-bond acceptors (Lipinski definition) is 4. The largest absolute Gasteiger partial charge is 0.317 e. The Bertz CT molecular complexity index is 530. The summed E-state index contributed by atoms with van der Waals surface area (Å²) < 4.78 is 2.50. The van der Waals surface area contributed by atoms with E-state index in [1.54, 1.807) is 0 Å². The van der Waals surface area contributed by atoms with Gasteiger partial charge in [0.1, 0.15) is 0 Å². The molecular weight excluding hydrogens is 254 g/mol. The molecule has 0 saturated carbocycles. The molecule has 1 aliphatic rings. The molecule has 0 aliphatic carbocycles. The maximum absolute atomic E-state index is 4.20. The normalized spacial score (nSPS) is 18.1. The molecule has 1 aromatic heterocycles. The molecule has 0 bridgehead atoms. The van der Waals surface area contributed by atoms with Crippen molar-refractivity contribution in [1.82, 2.24) is 14.6 Å². The number of rotatable bonds is 2. The minimum Gasteiger partial charge on any atom is -0.317 e. The van der Waals surface area contributed by atoms with Gasteiger partial charge in [-0.15, -0.1) is 0 Å². The van der Waals surface area contributed by atoms with Crippen LogP contribution < -0.4 is 5.32 Å². The molecule has 2 aromatic rings. The molecule has 0 amide bonds. The molecule has 3 rings (SSSR count). The molecule has 0 spiro atoms. The van der Waals surface area contributed by atoms with Gasteiger partial charge >= 0.3 is 0 Å². The standard InChI is InChI=1S/C15H19N3S/c1-4-13-12-17-9-6-14(13)15(5-1)19-18-10-2-7-16-8-3-11-18/h1,4-6,9,12,16H,2-3,7-8,10-11H2. The summed E-state index contributed by atoms with van der Waals surface area (Å²) in [5, 5.41) is 5.99. The first-order valence-electron chi connectivity index (χ1n) is 6.90. The highest BCUT2D eigenvalue weighted by atomic mass is 32.2. The summed E-state index contributed by atoms with van der Waals surface area (Å²) in [5.41, 5.74) is 0. The van der Waals surface area contributed by atoms with Crippen molar-refractivity contribution in [2.45, 2.75) is 17.7 Å². The van der Waals surface area contributed by atoms with Crippen molar-refractivity contribution in [3.63, 3.8) is 0 Å². The van der Waals surface area contributed by atoms with E-state index in [1.807, 2.05) is 24.3 Å². The number of pyridine rings is 1. The Kier molecular flexibility index (Phi) is 4.33. The van der Waals surface area contributed by atoms with Crippen LogP contribution in [0.4, 0.5) is 0 Å². The quantitative estimate of drug-likeness (QED) is 0.852. The van der Waals surface area contributed by atoms with E-state index in [0.29, 0.717) is 0 Å². The van der Waals surface area contributed by atoms with Gasteiger partial charge in [-0.1, -0.05) is 12.1 Å². The third kappa shape index (κ3) is 3.26. The van der Waals surface area contributed by atoms with Crippen molar-refractivity contribution in [3.8, 4) is 0 Å². The van der Waals surface area contributed by atoms with E-state index in [0.717, 1.165) is 26.2 Å². The highest BCUT2D eigenvalue weighted by molar-refractivity contribution is 7.97. The van der Waals surface area contributed by atoms with Crippen LogP contribution in [0.5, 0.6) is 0 Å². The van der Waals surface area contributed by atoms with Crippen molar-refractivity contribution in [1.29, 1.82) is 0 Å². The topological polar surface area (TPSA) is 28.2 Å². The van der Waals surface area contributed by atoms with Crippen LogP contribution in [0.1, 0.15) is 12.8 Å². The van der Waals surface area contributed by atoms with Crippen LogP contribution in [0.15, 0.2) is 41.6 Å². The second kappa shape index (κ2) is 6.37. The first kappa shape index (κ1) is 12.9. The lowest BCUT2D eigenvalue weighted by Gasteiger charge is -2.24. The van der Waals surface area contributed by atoms with Gasteiger partial charge in [0.2, 0.25) is 0 Å². The van der Waals surface area contributed by atoms with E-state index in [9.17, 15) is 0 Å². The molecule has 1 fully saturated rings. The predicted octanol–water partition coefficient (Wildman–Crippen LogP) is 2.93. The fraction of sp³-hybridized carbons (Fsp3) is 0.400. The predicted molar refractivity (Wildman–Crippen MR) is 81.3 cm³/mol. The van der Waals surface area contributed by atoms with Crippen LogP contribution >= 0.6 is 11.9 Å². The van der Waals surface area contributed by atoms with Crippen LogP contribution in [0.3, 0.4) is 0 Å². The van der Waals surface area contributed by atoms with Gasteiger partial charge in [0.05, 0.1) is 0 Å². The summed E-state index contributed by atoms with van der Waals surface area (Å²) in [6.07, 6.45) is 6.26. The maximum atomic E-state index is 4.20. The van der Waals surface area contributed by atoms with Crippen LogP contribution in [0, 0.1) is 0 Å². The molecule has 0 radical (unpaired) electrons. The number of nitrogens with one attached hydrogen (secondary N) is 1. The van der Waals surface area contributed by atoms with Crippen molar-refractivity contribution in [2.75, 3.05) is 26.2 Å². The van der Waals surface area contributed by atoms with Crippen molar-refractivity contribution >= 4 is 22.7 Å². The smallest absolute Gasteiger partial charge is 0.0346 e. The van der Waals surface area contributed by atoms with E-state index in [1.165, 1.54) is 28.5 Å². The summed E-state index contributed by atoms with van der Waals surface area (Å²) >= 11 is 1.89. The summed E-state index contributed by atoms with van der Waals surface area (Å²) in [4.78, 5) is 5.54. The first-order valence-corrected chi connectivity index (χ1v) is 7.67. The van der Waals surface area contributed by atoms with E-state index in [4.69, 9.17) is 0 Å². The Balaban J connectivity index is 1.80. The average Bonchev–Trinajstić information content (AvgIpc) is 2.42. The third-order valence-corrected chi connectivity index (χ3v) is 4.57. The van der Waals surface area contributed by atoms with Gasteiger partial charge in [-0.2, -0.15) is 0 Å². The molecule has 2 heterocycles. The Hall–Kier alpha value is -1.10. The zero-order valence-corrected chi connectivity index (χ0v) is 11.8. The zero-order chi connectivity index (χ0) is 12.9. The third-order valence-electron chi connectivity index (χ3n) is 3.39. The van der Waals surface area contributed by atoms with Crippen LogP contribution in [0.2, 0.25) is 0 Å². The second-order valence-electron chi connectivity index (χ2n) is 4.83. The monoisotopic (exact) mass is 273 g/mol. The summed E-state index contributed by atoms with van der Waals surface area (Å²) in [5.74, 6) is 0. The van der Waals surface area contributed by atoms with Gasteiger partial charge in [-0.25, -0.2) is 4.31 Å². The number of hydrogen-bond donors (Lipinski definition) is 1. The van der Waals surface area contributed by atoms with Crippen LogP contribution in [-0.4, -0.2) is 35.5 Å². The fourth-order valence-electron chi connectivity index (χ4n) is 2.40. The van der Waals surface area contributed by atoms with Crippen LogP contribution in [0.25, 0.3) is 10.8 Å². The molecule has 1 N–H and O–H groups in total. The molecule has 19 heavy (non-hydrogen) atoms. The van der Waals surface area contributed by atoms with Gasteiger partial charge in [0.15, 0.2) is 0 Å².